The van der Waals surface area contributed by atoms with E-state index >= 15 is 22.0 Å². The number of halogens is 10. The maximum atomic E-state index is 15.1. The third kappa shape index (κ3) is 8.33. The lowest BCUT2D eigenvalue weighted by Gasteiger charge is -2.20. The van der Waals surface area contributed by atoms with Gasteiger partial charge in [0.25, 0.3) is 0 Å². The van der Waals surface area contributed by atoms with E-state index in [-0.39, 0.29) is 16.7 Å². The summed E-state index contributed by atoms with van der Waals surface area (Å²) in [6.45, 7) is 2.09. The highest BCUT2D eigenvalue weighted by Crippen LogP contribution is 2.39. The van der Waals surface area contributed by atoms with Gasteiger partial charge in [-0.1, -0.05) is 44.0 Å². The Bertz CT molecular complexity index is 1940. The number of benzene rings is 4. The van der Waals surface area contributed by atoms with Crippen LogP contribution in [-0.4, -0.2) is 11.3 Å². The maximum absolute atomic E-state index is 15.1. The number of hydrogen-bond acceptors (Lipinski definition) is 3. The molecule has 0 aliphatic rings. The molecule has 0 radical (unpaired) electrons. The van der Waals surface area contributed by atoms with E-state index < -0.39 is 64.2 Å². The monoisotopic (exact) mass is 693 g/mol. The number of aryl methyl sites for hydroxylation is 1. The standard InChI is InChI=1S/C36H25F10NO2/c1-2-3-4-5-20-6-12-32(47-19-20)22-7-10-26(27(37)15-22)23-16-30(40)34(31(41)17-23)35(42,43)48-24-9-11-25(28(38)18-24)21-8-13-33(29(39)14-21)49-36(44,45)46/h6-19H,2-5H2,1H3. The molecule has 0 saturated carbocycles. The first-order chi connectivity index (χ1) is 23.1. The van der Waals surface area contributed by atoms with Gasteiger partial charge in [0.15, 0.2) is 11.6 Å². The Labute approximate surface area is 273 Å². The molecular weight excluding hydrogens is 668 g/mol. The van der Waals surface area contributed by atoms with Gasteiger partial charge in [0.1, 0.15) is 34.6 Å². The molecule has 256 valence electrons. The molecule has 0 aliphatic carbocycles. The molecule has 0 fully saturated rings. The molecular formula is C36H25F10NO2. The van der Waals surface area contributed by atoms with Gasteiger partial charge in [-0.3, -0.25) is 4.98 Å². The highest BCUT2D eigenvalue weighted by atomic mass is 19.4. The minimum atomic E-state index is -5.18. The zero-order chi connectivity index (χ0) is 35.5. The predicted octanol–water partition coefficient (Wildman–Crippen LogP) is 11.5. The normalized spacial score (nSPS) is 11.9. The van der Waals surface area contributed by atoms with Crippen molar-refractivity contribution < 1.29 is 53.4 Å². The van der Waals surface area contributed by atoms with Gasteiger partial charge in [-0.15, -0.1) is 13.2 Å². The van der Waals surface area contributed by atoms with Crippen molar-refractivity contribution in [2.75, 3.05) is 0 Å². The molecule has 1 aromatic heterocycles. The molecule has 5 aromatic rings. The lowest BCUT2D eigenvalue weighted by atomic mass is 9.99. The summed E-state index contributed by atoms with van der Waals surface area (Å²) in [5, 5.41) is 0. The summed E-state index contributed by atoms with van der Waals surface area (Å²) in [6, 6.07) is 12.5. The molecule has 4 aromatic carbocycles. The van der Waals surface area contributed by atoms with Gasteiger partial charge >= 0.3 is 12.5 Å². The third-order valence-electron chi connectivity index (χ3n) is 7.46. The fraction of sp³-hybridized carbons (Fsp3) is 0.194. The van der Waals surface area contributed by atoms with Crippen molar-refractivity contribution >= 4 is 0 Å². The Balaban J connectivity index is 1.33. The smallest absolute Gasteiger partial charge is 0.429 e. The molecule has 0 saturated heterocycles. The fourth-order valence-electron chi connectivity index (χ4n) is 5.11. The van der Waals surface area contributed by atoms with E-state index in [1.165, 1.54) is 12.1 Å². The molecule has 0 amide bonds. The van der Waals surface area contributed by atoms with Gasteiger partial charge in [-0.25, -0.2) is 22.0 Å². The third-order valence-corrected chi connectivity index (χ3v) is 7.46. The summed E-state index contributed by atoms with van der Waals surface area (Å²) in [6.07, 6.45) is -4.18. The quantitative estimate of drug-likeness (QED) is 0.102. The van der Waals surface area contributed by atoms with Gasteiger partial charge in [-0.05, 0) is 78.1 Å². The zero-order valence-electron chi connectivity index (χ0n) is 25.5. The van der Waals surface area contributed by atoms with Crippen molar-refractivity contribution in [1.82, 2.24) is 4.98 Å². The number of alkyl halides is 5. The summed E-state index contributed by atoms with van der Waals surface area (Å²) in [4.78, 5) is 4.35. The van der Waals surface area contributed by atoms with Crippen molar-refractivity contribution in [2.24, 2.45) is 0 Å². The number of aromatic nitrogens is 1. The van der Waals surface area contributed by atoms with E-state index in [4.69, 9.17) is 0 Å². The predicted molar refractivity (Wildman–Crippen MR) is 161 cm³/mol. The molecule has 1 heterocycles. The van der Waals surface area contributed by atoms with E-state index in [1.807, 2.05) is 6.07 Å². The minimum absolute atomic E-state index is 0.275. The second kappa shape index (κ2) is 14.2. The molecule has 13 heteroatoms. The van der Waals surface area contributed by atoms with Gasteiger partial charge in [-0.2, -0.15) is 8.78 Å². The van der Waals surface area contributed by atoms with Crippen LogP contribution in [0.1, 0.15) is 37.3 Å². The second-order valence-electron chi connectivity index (χ2n) is 11.0. The maximum Gasteiger partial charge on any atom is 0.573 e. The zero-order valence-corrected chi connectivity index (χ0v) is 25.5. The Kier molecular flexibility index (Phi) is 10.2. The van der Waals surface area contributed by atoms with Crippen LogP contribution in [0.4, 0.5) is 43.9 Å². The van der Waals surface area contributed by atoms with Crippen LogP contribution >= 0.6 is 0 Å². The average molecular weight is 694 g/mol. The first kappa shape index (κ1) is 35.2. The molecule has 5 rings (SSSR count). The highest BCUT2D eigenvalue weighted by molar-refractivity contribution is 5.70. The summed E-state index contributed by atoms with van der Waals surface area (Å²) in [5.41, 5.74) is -1.32. The van der Waals surface area contributed by atoms with Crippen LogP contribution in [0.15, 0.2) is 85.1 Å². The number of rotatable bonds is 11. The highest BCUT2D eigenvalue weighted by Gasteiger charge is 2.41. The molecule has 0 spiro atoms. The number of nitrogens with zero attached hydrogens (tertiary/aromatic N) is 1. The van der Waals surface area contributed by atoms with Gasteiger partial charge in [0, 0.05) is 29.0 Å². The van der Waals surface area contributed by atoms with E-state index in [0.29, 0.717) is 41.6 Å². The average Bonchev–Trinajstić information content (AvgIpc) is 3.01. The number of ether oxygens (including phenoxy) is 2. The first-order valence-corrected chi connectivity index (χ1v) is 14.8. The fourth-order valence-corrected chi connectivity index (χ4v) is 5.11. The summed E-state index contributed by atoms with van der Waals surface area (Å²) >= 11 is 0. The van der Waals surface area contributed by atoms with Crippen LogP contribution in [0.3, 0.4) is 0 Å². The van der Waals surface area contributed by atoms with E-state index in [0.717, 1.165) is 55.5 Å². The van der Waals surface area contributed by atoms with Gasteiger partial charge in [0.2, 0.25) is 0 Å². The summed E-state index contributed by atoms with van der Waals surface area (Å²) < 4.78 is 149. The minimum Gasteiger partial charge on any atom is -0.429 e. The number of unbranched alkanes of at least 4 members (excludes halogenated alkanes) is 2. The summed E-state index contributed by atoms with van der Waals surface area (Å²) in [5.74, 6) is -9.27. The van der Waals surface area contributed by atoms with Crippen LogP contribution in [0.5, 0.6) is 11.5 Å². The van der Waals surface area contributed by atoms with E-state index in [9.17, 15) is 22.0 Å². The molecule has 0 bridgehead atoms. The van der Waals surface area contributed by atoms with E-state index in [2.05, 4.69) is 21.4 Å². The van der Waals surface area contributed by atoms with Crippen molar-refractivity contribution in [2.45, 2.75) is 45.1 Å². The topological polar surface area (TPSA) is 31.4 Å². The molecule has 49 heavy (non-hydrogen) atoms. The molecule has 3 nitrogen and oxygen atoms in total. The van der Waals surface area contributed by atoms with Gasteiger partial charge in [0.05, 0.1) is 5.69 Å². The van der Waals surface area contributed by atoms with Crippen LogP contribution in [-0.2, 0) is 12.5 Å². The molecule has 0 aliphatic heterocycles. The largest absolute Gasteiger partial charge is 0.573 e. The molecule has 0 atom stereocenters. The summed E-state index contributed by atoms with van der Waals surface area (Å²) in [7, 11) is 0. The van der Waals surface area contributed by atoms with Crippen molar-refractivity contribution in [3.8, 4) is 45.0 Å². The van der Waals surface area contributed by atoms with Crippen molar-refractivity contribution in [3.63, 3.8) is 0 Å². The van der Waals surface area contributed by atoms with Gasteiger partial charge < -0.3 is 9.47 Å². The van der Waals surface area contributed by atoms with Crippen LogP contribution in [0.25, 0.3) is 33.5 Å². The first-order valence-electron chi connectivity index (χ1n) is 14.8. The molecule has 0 N–H and O–H groups in total. The lowest BCUT2D eigenvalue weighted by molar-refractivity contribution is -0.275. The lowest BCUT2D eigenvalue weighted by Crippen LogP contribution is -2.25. The second-order valence-corrected chi connectivity index (χ2v) is 11.0. The van der Waals surface area contributed by atoms with Crippen LogP contribution in [0, 0.1) is 29.1 Å². The number of hydrogen-bond donors (Lipinski definition) is 0. The van der Waals surface area contributed by atoms with E-state index in [1.54, 1.807) is 12.3 Å². The SMILES string of the molecule is CCCCCc1ccc(-c2ccc(-c3cc(F)c(C(F)(F)Oc4ccc(-c5ccc(OC(F)(F)F)c(F)c5)c(F)c4)c(F)c3)c(F)c2)nc1. The van der Waals surface area contributed by atoms with Crippen LogP contribution in [0.2, 0.25) is 0 Å². The number of pyridine rings is 1. The Morgan fingerprint density at radius 2 is 1.20 bits per heavy atom. The van der Waals surface area contributed by atoms with Crippen molar-refractivity contribution in [1.29, 1.82) is 0 Å². The van der Waals surface area contributed by atoms with Crippen molar-refractivity contribution in [3.05, 3.63) is 125 Å². The Morgan fingerprint density at radius 3 is 1.80 bits per heavy atom. The van der Waals surface area contributed by atoms with Crippen LogP contribution < -0.4 is 9.47 Å². The molecule has 0 unspecified atom stereocenters. The Morgan fingerprint density at radius 1 is 0.592 bits per heavy atom. The Hall–Kier alpha value is -5.07.